The number of hydrogen-bond donors (Lipinski definition) is 0. The van der Waals surface area contributed by atoms with Crippen LogP contribution in [0.2, 0.25) is 0 Å². The summed E-state index contributed by atoms with van der Waals surface area (Å²) in [6, 6.07) is 8.24. The molecule has 1 aromatic carbocycles. The third-order valence-corrected chi connectivity index (χ3v) is 3.41. The summed E-state index contributed by atoms with van der Waals surface area (Å²) in [7, 11) is 0. The Balaban J connectivity index is 2.40. The van der Waals surface area contributed by atoms with Gasteiger partial charge in [-0.05, 0) is 45.2 Å². The Labute approximate surface area is 108 Å². The van der Waals surface area contributed by atoms with Gasteiger partial charge in [-0.3, -0.25) is 4.79 Å². The van der Waals surface area contributed by atoms with E-state index < -0.39 is 5.41 Å². The number of anilines is 1. The van der Waals surface area contributed by atoms with Crippen LogP contribution in [-0.4, -0.2) is 12.5 Å². The predicted octanol–water partition coefficient (Wildman–Crippen LogP) is 2.82. The Bertz CT molecular complexity index is 526. The summed E-state index contributed by atoms with van der Waals surface area (Å²) in [6.45, 7) is 6.12. The average molecular weight is 242 g/mol. The summed E-state index contributed by atoms with van der Waals surface area (Å²) in [5, 5.41) is 9.09. The second-order valence-electron chi connectivity index (χ2n) is 5.43. The number of nitriles is 1. The van der Waals surface area contributed by atoms with Gasteiger partial charge >= 0.3 is 0 Å². The van der Waals surface area contributed by atoms with E-state index in [4.69, 9.17) is 5.26 Å². The van der Waals surface area contributed by atoms with Crippen LogP contribution in [-0.2, 0) is 11.2 Å². The molecule has 1 aliphatic heterocycles. The van der Waals surface area contributed by atoms with Gasteiger partial charge in [-0.1, -0.05) is 17.7 Å². The maximum Gasteiger partial charge on any atom is 0.246 e. The van der Waals surface area contributed by atoms with Crippen LogP contribution >= 0.6 is 0 Å². The van der Waals surface area contributed by atoms with Crippen molar-refractivity contribution in [3.63, 3.8) is 0 Å². The summed E-state index contributed by atoms with van der Waals surface area (Å²) in [4.78, 5) is 14.2. The molecule has 0 N–H and O–H groups in total. The van der Waals surface area contributed by atoms with Gasteiger partial charge in [0.25, 0.3) is 0 Å². The van der Waals surface area contributed by atoms with Gasteiger partial charge < -0.3 is 4.90 Å². The largest absolute Gasteiger partial charge is 0.311 e. The van der Waals surface area contributed by atoms with Gasteiger partial charge in [0.2, 0.25) is 5.91 Å². The van der Waals surface area contributed by atoms with Gasteiger partial charge in [-0.15, -0.1) is 0 Å². The van der Waals surface area contributed by atoms with Crippen LogP contribution in [0.4, 0.5) is 5.69 Å². The maximum atomic E-state index is 12.4. The summed E-state index contributed by atoms with van der Waals surface area (Å²) in [5.74, 6) is -0.102. The van der Waals surface area contributed by atoms with Crippen LogP contribution < -0.4 is 4.90 Å². The van der Waals surface area contributed by atoms with Crippen molar-refractivity contribution in [2.24, 2.45) is 5.41 Å². The van der Waals surface area contributed by atoms with E-state index in [9.17, 15) is 4.79 Å². The van der Waals surface area contributed by atoms with Gasteiger partial charge in [0.1, 0.15) is 5.41 Å². The minimum absolute atomic E-state index is 0.102. The van der Waals surface area contributed by atoms with Crippen molar-refractivity contribution in [1.82, 2.24) is 0 Å². The van der Waals surface area contributed by atoms with Crippen LogP contribution in [0.3, 0.4) is 0 Å². The zero-order valence-corrected chi connectivity index (χ0v) is 11.2. The molecule has 0 saturated carbocycles. The van der Waals surface area contributed by atoms with E-state index in [0.717, 1.165) is 18.5 Å². The Morgan fingerprint density at radius 2 is 2.17 bits per heavy atom. The predicted molar refractivity (Wildman–Crippen MR) is 71.2 cm³/mol. The first-order chi connectivity index (χ1) is 8.45. The van der Waals surface area contributed by atoms with E-state index in [-0.39, 0.29) is 5.91 Å². The topological polar surface area (TPSA) is 44.1 Å². The molecule has 0 bridgehead atoms. The quantitative estimate of drug-likeness (QED) is 0.760. The van der Waals surface area contributed by atoms with E-state index in [2.05, 4.69) is 19.1 Å². The highest BCUT2D eigenvalue weighted by atomic mass is 16.2. The Morgan fingerprint density at radius 1 is 1.44 bits per heavy atom. The maximum absolute atomic E-state index is 12.4. The lowest BCUT2D eigenvalue weighted by molar-refractivity contribution is -0.124. The lowest BCUT2D eigenvalue weighted by Crippen LogP contribution is -2.43. The van der Waals surface area contributed by atoms with Gasteiger partial charge in [0.05, 0.1) is 6.07 Å². The molecule has 2 rings (SSSR count). The van der Waals surface area contributed by atoms with Crippen molar-refractivity contribution in [3.8, 4) is 6.07 Å². The molecule has 0 spiro atoms. The Morgan fingerprint density at radius 3 is 2.83 bits per heavy atom. The number of amides is 1. The molecule has 1 aromatic rings. The van der Waals surface area contributed by atoms with Crippen molar-refractivity contribution in [2.75, 3.05) is 11.4 Å². The zero-order valence-electron chi connectivity index (χ0n) is 11.2. The second kappa shape index (κ2) is 4.45. The lowest BCUT2D eigenvalue weighted by Gasteiger charge is -2.33. The first-order valence-electron chi connectivity index (χ1n) is 6.28. The molecule has 0 saturated heterocycles. The van der Waals surface area contributed by atoms with Crippen LogP contribution in [0.25, 0.3) is 0 Å². The highest BCUT2D eigenvalue weighted by molar-refractivity contribution is 5.99. The normalized spacial score (nSPS) is 14.9. The van der Waals surface area contributed by atoms with Crippen LogP contribution in [0.1, 0.15) is 31.4 Å². The van der Waals surface area contributed by atoms with Crippen LogP contribution in [0.15, 0.2) is 18.2 Å². The molecule has 0 radical (unpaired) electrons. The molecule has 94 valence electrons. The van der Waals surface area contributed by atoms with Crippen molar-refractivity contribution >= 4 is 11.6 Å². The molecule has 3 nitrogen and oxygen atoms in total. The van der Waals surface area contributed by atoms with Gasteiger partial charge in [0.15, 0.2) is 0 Å². The van der Waals surface area contributed by atoms with Crippen molar-refractivity contribution < 1.29 is 4.79 Å². The highest BCUT2D eigenvalue weighted by Gasteiger charge is 2.34. The average Bonchev–Trinajstić information content (AvgIpc) is 2.36. The Kier molecular flexibility index (Phi) is 3.13. The molecule has 1 heterocycles. The molecule has 1 aliphatic rings. The molecule has 1 amide bonds. The van der Waals surface area contributed by atoms with E-state index in [1.165, 1.54) is 11.1 Å². The van der Waals surface area contributed by atoms with Crippen LogP contribution in [0, 0.1) is 23.7 Å². The molecule has 0 aromatic heterocycles. The van der Waals surface area contributed by atoms with Crippen LogP contribution in [0.5, 0.6) is 0 Å². The molecule has 0 unspecified atom stereocenters. The monoisotopic (exact) mass is 242 g/mol. The fourth-order valence-corrected chi connectivity index (χ4v) is 2.32. The van der Waals surface area contributed by atoms with Crippen molar-refractivity contribution in [1.29, 1.82) is 5.26 Å². The summed E-state index contributed by atoms with van der Waals surface area (Å²) in [6.07, 6.45) is 1.97. The fraction of sp³-hybridized carbons (Fsp3) is 0.467. The van der Waals surface area contributed by atoms with Crippen molar-refractivity contribution in [3.05, 3.63) is 29.3 Å². The third-order valence-electron chi connectivity index (χ3n) is 3.41. The standard InChI is InChI=1S/C15H18N2O/c1-11-6-7-13-12(9-11)5-4-8-17(13)14(18)15(2,3)10-16/h6-7,9H,4-5,8H2,1-3H3. The zero-order chi connectivity index (χ0) is 13.3. The highest BCUT2D eigenvalue weighted by Crippen LogP contribution is 2.31. The number of carbonyl (C=O) groups excluding carboxylic acids is 1. The summed E-state index contributed by atoms with van der Waals surface area (Å²) < 4.78 is 0. The number of fused-ring (bicyclic) bond motifs is 1. The molecule has 0 fully saturated rings. The van der Waals surface area contributed by atoms with E-state index in [0.29, 0.717) is 6.54 Å². The molecule has 18 heavy (non-hydrogen) atoms. The van der Waals surface area contributed by atoms with Gasteiger partial charge in [-0.25, -0.2) is 0 Å². The molecule has 0 atom stereocenters. The van der Waals surface area contributed by atoms with Gasteiger partial charge in [0, 0.05) is 12.2 Å². The second-order valence-corrected chi connectivity index (χ2v) is 5.43. The minimum Gasteiger partial charge on any atom is -0.311 e. The number of carbonyl (C=O) groups is 1. The minimum atomic E-state index is -0.959. The third kappa shape index (κ3) is 2.11. The number of rotatable bonds is 1. The fourth-order valence-electron chi connectivity index (χ4n) is 2.32. The number of hydrogen-bond acceptors (Lipinski definition) is 2. The van der Waals surface area contributed by atoms with Crippen molar-refractivity contribution in [2.45, 2.75) is 33.6 Å². The number of nitrogens with zero attached hydrogens (tertiary/aromatic N) is 2. The molecular formula is C15H18N2O. The number of aryl methyl sites for hydroxylation is 2. The number of benzene rings is 1. The molecular weight excluding hydrogens is 224 g/mol. The summed E-state index contributed by atoms with van der Waals surface area (Å²) >= 11 is 0. The lowest BCUT2D eigenvalue weighted by atomic mass is 9.91. The molecule has 3 heteroatoms. The van der Waals surface area contributed by atoms with E-state index in [1.807, 2.05) is 12.1 Å². The summed E-state index contributed by atoms with van der Waals surface area (Å²) in [5.41, 5.74) is 2.44. The molecule has 0 aliphatic carbocycles. The smallest absolute Gasteiger partial charge is 0.246 e. The Hall–Kier alpha value is -1.82. The van der Waals surface area contributed by atoms with E-state index in [1.54, 1.807) is 18.7 Å². The first-order valence-corrected chi connectivity index (χ1v) is 6.28. The van der Waals surface area contributed by atoms with Gasteiger partial charge in [-0.2, -0.15) is 5.26 Å². The first kappa shape index (κ1) is 12.6. The van der Waals surface area contributed by atoms with E-state index >= 15 is 0 Å². The SMILES string of the molecule is Cc1ccc2c(c1)CCCN2C(=O)C(C)(C)C#N.